The topological polar surface area (TPSA) is 76.7 Å². The highest BCUT2D eigenvalue weighted by molar-refractivity contribution is 6.09. The average Bonchev–Trinajstić information content (AvgIpc) is 2.78. The van der Waals surface area contributed by atoms with Crippen LogP contribution in [0.1, 0.15) is 21.5 Å². The molecule has 31 heavy (non-hydrogen) atoms. The first-order chi connectivity index (χ1) is 15.0. The van der Waals surface area contributed by atoms with Gasteiger partial charge in [-0.2, -0.15) is 0 Å². The van der Waals surface area contributed by atoms with E-state index in [9.17, 15) is 14.0 Å². The van der Waals surface area contributed by atoms with Gasteiger partial charge in [0.2, 0.25) is 0 Å². The highest BCUT2D eigenvalue weighted by atomic mass is 19.1. The van der Waals surface area contributed by atoms with Gasteiger partial charge in [0, 0.05) is 17.7 Å². The maximum atomic E-state index is 13.3. The molecule has 4 rings (SSSR count). The monoisotopic (exact) mass is 418 g/mol. The normalized spacial score (nSPS) is 13.7. The smallest absolute Gasteiger partial charge is 0.291 e. The molecule has 1 heterocycles. The third-order valence-corrected chi connectivity index (χ3v) is 4.70. The van der Waals surface area contributed by atoms with E-state index in [0.29, 0.717) is 33.9 Å². The molecule has 0 saturated carbocycles. The van der Waals surface area contributed by atoms with Crippen LogP contribution < -0.4 is 20.1 Å². The van der Waals surface area contributed by atoms with E-state index >= 15 is 0 Å². The lowest BCUT2D eigenvalue weighted by Crippen LogP contribution is -2.25. The zero-order valence-corrected chi connectivity index (χ0v) is 16.6. The van der Waals surface area contributed by atoms with E-state index in [1.165, 1.54) is 18.2 Å². The van der Waals surface area contributed by atoms with Crippen LogP contribution in [0.5, 0.6) is 11.5 Å². The number of anilines is 1. The maximum absolute atomic E-state index is 13.3. The molecule has 2 N–H and O–H groups in total. The molecule has 7 heteroatoms. The van der Waals surface area contributed by atoms with Crippen LogP contribution in [-0.2, 0) is 11.3 Å². The Morgan fingerprint density at radius 1 is 1.13 bits per heavy atom. The second-order valence-corrected chi connectivity index (χ2v) is 6.83. The van der Waals surface area contributed by atoms with Crippen molar-refractivity contribution in [3.8, 4) is 11.5 Å². The number of carbonyl (C=O) groups is 2. The van der Waals surface area contributed by atoms with Gasteiger partial charge < -0.3 is 20.1 Å². The largest absolute Gasteiger partial charge is 0.496 e. The molecule has 1 aliphatic rings. The van der Waals surface area contributed by atoms with Crippen molar-refractivity contribution in [2.75, 3.05) is 12.4 Å². The van der Waals surface area contributed by atoms with Gasteiger partial charge in [0.05, 0.1) is 12.8 Å². The molecule has 3 aromatic rings. The molecule has 0 atom stereocenters. The highest BCUT2D eigenvalue weighted by Crippen LogP contribution is 2.33. The van der Waals surface area contributed by atoms with Crippen molar-refractivity contribution < 1.29 is 23.5 Å². The number of hydrogen-bond donors (Lipinski definition) is 2. The predicted molar refractivity (Wildman–Crippen MR) is 114 cm³/mol. The van der Waals surface area contributed by atoms with Crippen LogP contribution in [0.2, 0.25) is 0 Å². The van der Waals surface area contributed by atoms with E-state index in [1.807, 2.05) is 18.2 Å². The minimum atomic E-state index is -0.435. The van der Waals surface area contributed by atoms with Gasteiger partial charge in [0.1, 0.15) is 11.6 Å². The summed E-state index contributed by atoms with van der Waals surface area (Å²) >= 11 is 0. The second kappa shape index (κ2) is 8.71. The molecule has 0 saturated heterocycles. The minimum Gasteiger partial charge on any atom is -0.496 e. The van der Waals surface area contributed by atoms with Crippen LogP contribution in [0.15, 0.2) is 72.5 Å². The van der Waals surface area contributed by atoms with Gasteiger partial charge in [-0.05, 0) is 48.0 Å². The summed E-state index contributed by atoms with van der Waals surface area (Å²) in [4.78, 5) is 25.0. The quantitative estimate of drug-likeness (QED) is 0.611. The molecule has 0 unspecified atom stereocenters. The van der Waals surface area contributed by atoms with Gasteiger partial charge in [0.15, 0.2) is 11.5 Å². The number of rotatable bonds is 5. The Morgan fingerprint density at radius 3 is 2.77 bits per heavy atom. The number of hydrogen-bond acceptors (Lipinski definition) is 4. The first-order valence-electron chi connectivity index (χ1n) is 9.54. The average molecular weight is 418 g/mol. The number of carbonyl (C=O) groups excluding carboxylic acids is 2. The summed E-state index contributed by atoms with van der Waals surface area (Å²) in [7, 11) is 1.55. The number of amides is 2. The summed E-state index contributed by atoms with van der Waals surface area (Å²) in [5.41, 5.74) is 2.08. The van der Waals surface area contributed by atoms with Crippen molar-refractivity contribution in [1.82, 2.24) is 5.32 Å². The van der Waals surface area contributed by atoms with Gasteiger partial charge >= 0.3 is 0 Å². The van der Waals surface area contributed by atoms with E-state index < -0.39 is 5.91 Å². The number of halogens is 1. The zero-order valence-electron chi connectivity index (χ0n) is 16.6. The molecule has 2 amide bonds. The highest BCUT2D eigenvalue weighted by Gasteiger charge is 2.23. The summed E-state index contributed by atoms with van der Waals surface area (Å²) in [5, 5.41) is 5.47. The molecule has 0 bridgehead atoms. The van der Waals surface area contributed by atoms with Gasteiger partial charge in [-0.1, -0.05) is 30.3 Å². The molecular formula is C24H19FN2O4. The standard InChI is InChI=1S/C24H19FN2O4/c1-30-20-8-3-2-6-16(20)13-22-24(29)27-19-12-17(9-10-21(19)31-22)23(28)26-14-15-5-4-7-18(25)11-15/h2-13H,14H2,1H3,(H,26,28)(H,27,29). The zero-order chi connectivity index (χ0) is 21.8. The number of fused-ring (bicyclic) bond motifs is 1. The Hall–Kier alpha value is -4.13. The number of nitrogens with one attached hydrogen (secondary N) is 2. The number of methoxy groups -OCH3 is 1. The molecule has 0 aromatic heterocycles. The lowest BCUT2D eigenvalue weighted by atomic mass is 10.1. The van der Waals surface area contributed by atoms with Crippen LogP contribution in [0.3, 0.4) is 0 Å². The van der Waals surface area contributed by atoms with E-state index in [0.717, 1.165) is 0 Å². The Kier molecular flexibility index (Phi) is 5.66. The van der Waals surface area contributed by atoms with Crippen molar-refractivity contribution in [3.05, 3.63) is 95.0 Å². The summed E-state index contributed by atoms with van der Waals surface area (Å²) in [5.74, 6) is -0.00461. The maximum Gasteiger partial charge on any atom is 0.291 e. The molecule has 156 valence electrons. The van der Waals surface area contributed by atoms with Gasteiger partial charge in [-0.25, -0.2) is 4.39 Å². The third kappa shape index (κ3) is 4.56. The summed E-state index contributed by atoms with van der Waals surface area (Å²) in [6, 6.07) is 18.0. The molecule has 0 spiro atoms. The van der Waals surface area contributed by atoms with Crippen LogP contribution >= 0.6 is 0 Å². The lowest BCUT2D eigenvalue weighted by Gasteiger charge is -2.20. The molecule has 3 aromatic carbocycles. The molecule has 0 radical (unpaired) electrons. The number of ether oxygens (including phenoxy) is 2. The Bertz CT molecular complexity index is 1190. The van der Waals surface area contributed by atoms with Crippen LogP contribution in [-0.4, -0.2) is 18.9 Å². The van der Waals surface area contributed by atoms with E-state index in [4.69, 9.17) is 9.47 Å². The van der Waals surface area contributed by atoms with E-state index in [-0.39, 0.29) is 24.0 Å². The fraction of sp³-hybridized carbons (Fsp3) is 0.0833. The van der Waals surface area contributed by atoms with Gasteiger partial charge in [0.25, 0.3) is 11.8 Å². The van der Waals surface area contributed by atoms with Crippen molar-refractivity contribution in [3.63, 3.8) is 0 Å². The molecule has 0 aliphatic carbocycles. The Labute approximate surface area is 178 Å². The number of para-hydroxylation sites is 1. The van der Waals surface area contributed by atoms with Gasteiger partial charge in [-0.15, -0.1) is 0 Å². The summed E-state index contributed by atoms with van der Waals surface area (Å²) in [6.07, 6.45) is 1.59. The number of benzene rings is 3. The fourth-order valence-electron chi connectivity index (χ4n) is 3.16. The Morgan fingerprint density at radius 2 is 1.97 bits per heavy atom. The van der Waals surface area contributed by atoms with E-state index in [1.54, 1.807) is 43.5 Å². The van der Waals surface area contributed by atoms with Crippen LogP contribution in [0.25, 0.3) is 6.08 Å². The van der Waals surface area contributed by atoms with Crippen LogP contribution in [0, 0.1) is 5.82 Å². The molecule has 6 nitrogen and oxygen atoms in total. The predicted octanol–water partition coefficient (Wildman–Crippen LogP) is 4.14. The Balaban J connectivity index is 1.50. The molecular weight excluding hydrogens is 399 g/mol. The van der Waals surface area contributed by atoms with Crippen molar-refractivity contribution >= 4 is 23.6 Å². The first-order valence-corrected chi connectivity index (χ1v) is 9.54. The summed E-state index contributed by atoms with van der Waals surface area (Å²) < 4.78 is 24.3. The second-order valence-electron chi connectivity index (χ2n) is 6.83. The van der Waals surface area contributed by atoms with Crippen molar-refractivity contribution in [2.45, 2.75) is 6.54 Å². The molecule has 1 aliphatic heterocycles. The minimum absolute atomic E-state index is 0.111. The first kappa shape index (κ1) is 20.2. The fourth-order valence-corrected chi connectivity index (χ4v) is 3.16. The summed E-state index contributed by atoms with van der Waals surface area (Å²) in [6.45, 7) is 0.183. The lowest BCUT2D eigenvalue weighted by molar-refractivity contribution is -0.115. The van der Waals surface area contributed by atoms with Crippen LogP contribution in [0.4, 0.5) is 10.1 Å². The third-order valence-electron chi connectivity index (χ3n) is 4.70. The van der Waals surface area contributed by atoms with Crippen molar-refractivity contribution in [2.24, 2.45) is 0 Å². The van der Waals surface area contributed by atoms with Crippen molar-refractivity contribution in [1.29, 1.82) is 0 Å². The van der Waals surface area contributed by atoms with E-state index in [2.05, 4.69) is 10.6 Å². The SMILES string of the molecule is COc1ccccc1C=C1Oc2ccc(C(=O)NCc3cccc(F)c3)cc2NC1=O. The molecule has 0 fully saturated rings. The van der Waals surface area contributed by atoms with Gasteiger partial charge in [-0.3, -0.25) is 9.59 Å².